The summed E-state index contributed by atoms with van der Waals surface area (Å²) in [7, 11) is 0. The van der Waals surface area contributed by atoms with Crippen molar-refractivity contribution in [3.05, 3.63) is 80.3 Å². The summed E-state index contributed by atoms with van der Waals surface area (Å²) in [5.74, 6) is 0.629. The van der Waals surface area contributed by atoms with Crippen molar-refractivity contribution in [3.63, 3.8) is 0 Å². The first-order valence-electron chi connectivity index (χ1n) is 11.6. The highest BCUT2D eigenvalue weighted by atomic mass is 35.5. The second-order valence-electron chi connectivity index (χ2n) is 8.48. The Morgan fingerprint density at radius 1 is 1.26 bits per heavy atom. The second kappa shape index (κ2) is 12.5. The zero-order valence-electron chi connectivity index (χ0n) is 19.8. The number of aryl methyl sites for hydroxylation is 1. The molecule has 0 atom stereocenters. The monoisotopic (exact) mass is 515 g/mol. The summed E-state index contributed by atoms with van der Waals surface area (Å²) in [6, 6.07) is 13.1. The van der Waals surface area contributed by atoms with Crippen LogP contribution in [-0.4, -0.2) is 65.2 Å². The number of aliphatic hydroxyl groups is 1. The van der Waals surface area contributed by atoms with Gasteiger partial charge >= 0.3 is 0 Å². The molecule has 4 rings (SSSR count). The van der Waals surface area contributed by atoms with Gasteiger partial charge in [0.2, 0.25) is 0 Å². The van der Waals surface area contributed by atoms with E-state index in [2.05, 4.69) is 9.88 Å². The third-order valence-electron chi connectivity index (χ3n) is 5.84. The third-order valence-corrected chi connectivity index (χ3v) is 6.94. The first kappa shape index (κ1) is 25.6. The van der Waals surface area contributed by atoms with Gasteiger partial charge in [-0.2, -0.15) is 0 Å². The topological polar surface area (TPSA) is 75.1 Å². The molecular formula is C26H30ClN3O4S. The maximum atomic E-state index is 13.6. The van der Waals surface area contributed by atoms with Gasteiger partial charge in [0.05, 0.1) is 25.5 Å². The number of nitrogens with zero attached hydrogens (tertiary/aromatic N) is 3. The van der Waals surface area contributed by atoms with Gasteiger partial charge in [-0.15, -0.1) is 11.3 Å². The summed E-state index contributed by atoms with van der Waals surface area (Å²) in [6.07, 6.45) is 0. The Morgan fingerprint density at radius 3 is 2.83 bits per heavy atom. The van der Waals surface area contributed by atoms with Gasteiger partial charge in [0.1, 0.15) is 17.4 Å². The number of morpholine rings is 1. The number of hydrogen-bond donors (Lipinski definition) is 1. The van der Waals surface area contributed by atoms with Gasteiger partial charge in [-0.25, -0.2) is 4.98 Å². The van der Waals surface area contributed by atoms with Gasteiger partial charge in [0, 0.05) is 54.3 Å². The molecule has 0 unspecified atom stereocenters. The fraction of sp³-hybridized carbons (Fsp3) is 0.385. The van der Waals surface area contributed by atoms with Crippen LogP contribution in [0.25, 0.3) is 0 Å². The molecule has 1 saturated heterocycles. The second-order valence-corrected chi connectivity index (χ2v) is 9.86. The van der Waals surface area contributed by atoms with Crippen molar-refractivity contribution in [2.75, 3.05) is 39.4 Å². The molecule has 1 aromatic heterocycles. The molecular weight excluding hydrogens is 486 g/mol. The number of aliphatic hydroxyl groups excluding tert-OH is 1. The van der Waals surface area contributed by atoms with Crippen LogP contribution in [0.15, 0.2) is 47.8 Å². The lowest BCUT2D eigenvalue weighted by Gasteiger charge is -2.30. The van der Waals surface area contributed by atoms with Crippen molar-refractivity contribution in [2.24, 2.45) is 0 Å². The minimum absolute atomic E-state index is 0.0274. The number of rotatable bonds is 10. The molecule has 2 aromatic carbocycles. The van der Waals surface area contributed by atoms with Crippen LogP contribution >= 0.6 is 22.9 Å². The molecule has 186 valence electrons. The lowest BCUT2D eigenvalue weighted by atomic mass is 10.1. The minimum Gasteiger partial charge on any atom is -0.486 e. The molecule has 0 bridgehead atoms. The van der Waals surface area contributed by atoms with Crippen LogP contribution in [0.4, 0.5) is 0 Å². The van der Waals surface area contributed by atoms with Crippen LogP contribution in [0.5, 0.6) is 5.75 Å². The first-order chi connectivity index (χ1) is 17.0. The quantitative estimate of drug-likeness (QED) is 0.437. The SMILES string of the molecule is Cc1cccc(C(=O)N(CCN2CCOCC2)Cc2cc(Cl)ccc2OCc2nc(CO)cs2)c1. The van der Waals surface area contributed by atoms with E-state index in [9.17, 15) is 9.90 Å². The predicted octanol–water partition coefficient (Wildman–Crippen LogP) is 4.15. The summed E-state index contributed by atoms with van der Waals surface area (Å²) < 4.78 is 11.5. The first-order valence-corrected chi connectivity index (χ1v) is 12.9. The number of amides is 1. The molecule has 0 saturated carbocycles. The zero-order valence-corrected chi connectivity index (χ0v) is 21.4. The Morgan fingerprint density at radius 2 is 2.09 bits per heavy atom. The van der Waals surface area contributed by atoms with Crippen molar-refractivity contribution in [2.45, 2.75) is 26.7 Å². The average molecular weight is 516 g/mol. The van der Waals surface area contributed by atoms with Crippen molar-refractivity contribution in [1.29, 1.82) is 0 Å². The maximum absolute atomic E-state index is 13.6. The lowest BCUT2D eigenvalue weighted by Crippen LogP contribution is -2.43. The molecule has 9 heteroatoms. The van der Waals surface area contributed by atoms with E-state index in [0.29, 0.717) is 48.3 Å². The number of benzene rings is 2. The normalized spacial score (nSPS) is 14.1. The van der Waals surface area contributed by atoms with E-state index in [1.807, 2.05) is 53.6 Å². The number of carbonyl (C=O) groups is 1. The third kappa shape index (κ3) is 7.25. The maximum Gasteiger partial charge on any atom is 0.254 e. The van der Waals surface area contributed by atoms with Gasteiger partial charge in [0.15, 0.2) is 0 Å². The summed E-state index contributed by atoms with van der Waals surface area (Å²) in [4.78, 5) is 22.1. The summed E-state index contributed by atoms with van der Waals surface area (Å²) in [5.41, 5.74) is 3.17. The Kier molecular flexibility index (Phi) is 9.12. The van der Waals surface area contributed by atoms with Gasteiger partial charge in [-0.3, -0.25) is 9.69 Å². The summed E-state index contributed by atoms with van der Waals surface area (Å²) in [6.45, 7) is 7.03. The molecule has 2 heterocycles. The lowest BCUT2D eigenvalue weighted by molar-refractivity contribution is 0.0320. The Bertz CT molecular complexity index is 1130. The van der Waals surface area contributed by atoms with Crippen LogP contribution in [0.3, 0.4) is 0 Å². The highest BCUT2D eigenvalue weighted by Gasteiger charge is 2.21. The number of hydrogen-bond acceptors (Lipinski definition) is 7. The summed E-state index contributed by atoms with van der Waals surface area (Å²) >= 11 is 7.78. The number of ether oxygens (including phenoxy) is 2. The molecule has 1 amide bonds. The van der Waals surface area contributed by atoms with Crippen LogP contribution in [0, 0.1) is 6.92 Å². The molecule has 3 aromatic rings. The number of aromatic nitrogens is 1. The minimum atomic E-state index is -0.0954. The summed E-state index contributed by atoms with van der Waals surface area (Å²) in [5, 5.41) is 12.4. The standard InChI is InChI=1S/C26H30ClN3O4S/c1-19-3-2-4-20(13-19)26(32)30(8-7-29-9-11-33-12-10-29)15-21-14-22(27)5-6-24(21)34-17-25-28-23(16-31)18-35-25/h2-6,13-14,18,31H,7-12,15-17H2,1H3. The van der Waals surface area contributed by atoms with Crippen molar-refractivity contribution in [3.8, 4) is 5.75 Å². The largest absolute Gasteiger partial charge is 0.486 e. The van der Waals surface area contributed by atoms with E-state index in [0.717, 1.165) is 35.8 Å². The number of halogens is 1. The molecule has 35 heavy (non-hydrogen) atoms. The molecule has 1 aliphatic heterocycles. The van der Waals surface area contributed by atoms with E-state index >= 15 is 0 Å². The molecule has 0 spiro atoms. The number of thiazole rings is 1. The van der Waals surface area contributed by atoms with Crippen molar-refractivity contribution in [1.82, 2.24) is 14.8 Å². The Labute approximate surface area is 214 Å². The molecule has 7 nitrogen and oxygen atoms in total. The van der Waals surface area contributed by atoms with E-state index < -0.39 is 0 Å². The highest BCUT2D eigenvalue weighted by Crippen LogP contribution is 2.26. The molecule has 0 radical (unpaired) electrons. The Balaban J connectivity index is 1.53. The smallest absolute Gasteiger partial charge is 0.254 e. The average Bonchev–Trinajstić information content (AvgIpc) is 3.34. The predicted molar refractivity (Wildman–Crippen MR) is 137 cm³/mol. The number of carbonyl (C=O) groups excluding carboxylic acids is 1. The van der Waals surface area contributed by atoms with Crippen molar-refractivity contribution >= 4 is 28.8 Å². The zero-order chi connectivity index (χ0) is 24.6. The van der Waals surface area contributed by atoms with Crippen molar-refractivity contribution < 1.29 is 19.4 Å². The van der Waals surface area contributed by atoms with Crippen LogP contribution in [0.1, 0.15) is 32.2 Å². The van der Waals surface area contributed by atoms with Gasteiger partial charge in [-0.1, -0.05) is 29.3 Å². The van der Waals surface area contributed by atoms with E-state index in [-0.39, 0.29) is 19.1 Å². The molecule has 1 aliphatic rings. The van der Waals surface area contributed by atoms with E-state index in [1.54, 1.807) is 6.07 Å². The Hall–Kier alpha value is -2.49. The molecule has 1 N–H and O–H groups in total. The molecule has 1 fully saturated rings. The molecule has 0 aliphatic carbocycles. The fourth-order valence-corrected chi connectivity index (χ4v) is 4.84. The van der Waals surface area contributed by atoms with Crippen LogP contribution < -0.4 is 4.74 Å². The van der Waals surface area contributed by atoms with Gasteiger partial charge in [0.25, 0.3) is 5.91 Å². The van der Waals surface area contributed by atoms with Gasteiger partial charge in [-0.05, 0) is 37.3 Å². The van der Waals surface area contributed by atoms with Crippen LogP contribution in [0.2, 0.25) is 5.02 Å². The van der Waals surface area contributed by atoms with Gasteiger partial charge < -0.3 is 19.5 Å². The fourth-order valence-electron chi connectivity index (χ4n) is 3.95. The highest BCUT2D eigenvalue weighted by molar-refractivity contribution is 7.09. The van der Waals surface area contributed by atoms with Crippen LogP contribution in [-0.2, 0) is 24.5 Å². The van der Waals surface area contributed by atoms with E-state index in [1.165, 1.54) is 11.3 Å². The van der Waals surface area contributed by atoms with E-state index in [4.69, 9.17) is 21.1 Å².